The lowest BCUT2D eigenvalue weighted by atomic mass is 10.1. The Bertz CT molecular complexity index is 956. The average molecular weight is 573 g/mol. The third-order valence-corrected chi connectivity index (χ3v) is 5.17. The maximum Gasteiger partial charge on any atom is 0.363 e. The van der Waals surface area contributed by atoms with E-state index in [0.717, 1.165) is 23.8 Å². The molecule has 0 spiro atoms. The number of aryl methyl sites for hydroxylation is 1. The van der Waals surface area contributed by atoms with Gasteiger partial charge in [0.15, 0.2) is 11.4 Å². The number of nitrogens with zero attached hydrogens (tertiary/aromatic N) is 1. The molecule has 0 N–H and O–H groups in total. The van der Waals surface area contributed by atoms with Crippen LogP contribution in [-0.4, -0.2) is 17.8 Å². The van der Waals surface area contributed by atoms with Gasteiger partial charge in [0.25, 0.3) is 0 Å². The summed E-state index contributed by atoms with van der Waals surface area (Å²) in [7, 11) is 0. The van der Waals surface area contributed by atoms with Crippen LogP contribution in [0, 0.1) is 14.1 Å². The molecule has 1 heterocycles. The molecule has 2 aromatic rings. The van der Waals surface area contributed by atoms with Crippen LogP contribution in [0.25, 0.3) is 6.08 Å². The summed E-state index contributed by atoms with van der Waals surface area (Å²) in [5.41, 5.74) is 2.78. The number of esters is 2. The van der Waals surface area contributed by atoms with Gasteiger partial charge in [0.1, 0.15) is 0 Å². The minimum atomic E-state index is -0.489. The van der Waals surface area contributed by atoms with Crippen LogP contribution in [-0.2, 0) is 14.3 Å². The van der Waals surface area contributed by atoms with Gasteiger partial charge in [-0.25, -0.2) is 9.79 Å². The SMILES string of the molecule is CC(=O)Oc1c(I)cc(/C=C2\N=C(c3ccccc3C)OC2=O)cc1I. The van der Waals surface area contributed by atoms with Gasteiger partial charge in [0, 0.05) is 12.5 Å². The van der Waals surface area contributed by atoms with Crippen molar-refractivity contribution in [1.29, 1.82) is 0 Å². The van der Waals surface area contributed by atoms with E-state index in [2.05, 4.69) is 50.2 Å². The quantitative estimate of drug-likeness (QED) is 0.236. The van der Waals surface area contributed by atoms with Crippen LogP contribution in [0.1, 0.15) is 23.6 Å². The lowest BCUT2D eigenvalue weighted by Gasteiger charge is -2.08. The van der Waals surface area contributed by atoms with Crippen molar-refractivity contribution in [2.45, 2.75) is 13.8 Å². The van der Waals surface area contributed by atoms with Crippen molar-refractivity contribution in [2.75, 3.05) is 0 Å². The van der Waals surface area contributed by atoms with Crippen LogP contribution in [0.4, 0.5) is 0 Å². The smallest absolute Gasteiger partial charge is 0.363 e. The number of carbonyl (C=O) groups excluding carboxylic acids is 2. The second-order valence-electron chi connectivity index (χ2n) is 5.56. The van der Waals surface area contributed by atoms with Gasteiger partial charge in [-0.3, -0.25) is 4.79 Å². The summed E-state index contributed by atoms with van der Waals surface area (Å²) < 4.78 is 12.1. The zero-order valence-corrected chi connectivity index (χ0v) is 18.2. The molecule has 1 aliphatic heterocycles. The minimum absolute atomic E-state index is 0.232. The Morgan fingerprint density at radius 2 is 1.85 bits per heavy atom. The van der Waals surface area contributed by atoms with Gasteiger partial charge in [0.05, 0.1) is 7.14 Å². The molecule has 26 heavy (non-hydrogen) atoms. The van der Waals surface area contributed by atoms with Gasteiger partial charge in [0.2, 0.25) is 5.90 Å². The first-order valence-corrected chi connectivity index (χ1v) is 9.77. The van der Waals surface area contributed by atoms with E-state index in [1.807, 2.05) is 43.3 Å². The number of halogens is 2. The highest BCUT2D eigenvalue weighted by Crippen LogP contribution is 2.30. The zero-order valence-electron chi connectivity index (χ0n) is 13.9. The summed E-state index contributed by atoms with van der Waals surface area (Å²) in [5, 5.41) is 0. The summed E-state index contributed by atoms with van der Waals surface area (Å²) >= 11 is 4.18. The van der Waals surface area contributed by atoms with Gasteiger partial charge in [-0.15, -0.1) is 0 Å². The lowest BCUT2D eigenvalue weighted by molar-refractivity contribution is -0.132. The number of hydrogen-bond acceptors (Lipinski definition) is 5. The van der Waals surface area contributed by atoms with Crippen LogP contribution in [0.15, 0.2) is 47.1 Å². The molecule has 7 heteroatoms. The molecule has 0 radical (unpaired) electrons. The fourth-order valence-electron chi connectivity index (χ4n) is 2.40. The zero-order chi connectivity index (χ0) is 18.8. The molecule has 0 fully saturated rings. The molecule has 0 saturated heterocycles. The molecule has 0 bridgehead atoms. The highest BCUT2D eigenvalue weighted by Gasteiger charge is 2.25. The van der Waals surface area contributed by atoms with Crippen LogP contribution >= 0.6 is 45.2 Å². The van der Waals surface area contributed by atoms with Crippen molar-refractivity contribution >= 4 is 69.1 Å². The Morgan fingerprint density at radius 1 is 1.19 bits per heavy atom. The molecule has 2 aromatic carbocycles. The molecule has 0 unspecified atom stereocenters. The Labute approximate surface area is 177 Å². The van der Waals surface area contributed by atoms with Crippen molar-refractivity contribution in [3.8, 4) is 5.75 Å². The Morgan fingerprint density at radius 3 is 2.46 bits per heavy atom. The molecule has 5 nitrogen and oxygen atoms in total. The second-order valence-corrected chi connectivity index (χ2v) is 7.88. The second kappa shape index (κ2) is 7.87. The van der Waals surface area contributed by atoms with E-state index in [9.17, 15) is 9.59 Å². The molecule has 0 atom stereocenters. The highest BCUT2D eigenvalue weighted by atomic mass is 127. The fraction of sp³-hybridized carbons (Fsp3) is 0.105. The molecule has 3 rings (SSSR count). The van der Waals surface area contributed by atoms with Crippen molar-refractivity contribution in [3.05, 3.63) is 65.9 Å². The Kier molecular flexibility index (Phi) is 5.76. The van der Waals surface area contributed by atoms with Gasteiger partial charge in [-0.05, 0) is 87.5 Å². The van der Waals surface area contributed by atoms with Crippen LogP contribution in [0.3, 0.4) is 0 Å². The lowest BCUT2D eigenvalue weighted by Crippen LogP contribution is -2.06. The predicted molar refractivity (Wildman–Crippen MR) is 115 cm³/mol. The van der Waals surface area contributed by atoms with E-state index < -0.39 is 5.97 Å². The third kappa shape index (κ3) is 4.14. The van der Waals surface area contributed by atoms with Crippen LogP contribution in [0.5, 0.6) is 5.75 Å². The minimum Gasteiger partial charge on any atom is -0.424 e. The number of benzene rings is 2. The summed E-state index contributed by atoms with van der Waals surface area (Å²) in [6.07, 6.45) is 1.66. The summed E-state index contributed by atoms with van der Waals surface area (Å²) in [6, 6.07) is 11.2. The number of hydrogen-bond donors (Lipinski definition) is 0. The van der Waals surface area contributed by atoms with Crippen LogP contribution < -0.4 is 4.74 Å². The largest absolute Gasteiger partial charge is 0.424 e. The van der Waals surface area contributed by atoms with Gasteiger partial charge < -0.3 is 9.47 Å². The van der Waals surface area contributed by atoms with Crippen molar-refractivity contribution < 1.29 is 19.1 Å². The topological polar surface area (TPSA) is 65.0 Å². The maximum atomic E-state index is 12.2. The van der Waals surface area contributed by atoms with Gasteiger partial charge >= 0.3 is 11.9 Å². The fourth-order valence-corrected chi connectivity index (χ4v) is 4.44. The molecule has 0 aliphatic carbocycles. The first kappa shape index (κ1) is 19.0. The highest BCUT2D eigenvalue weighted by molar-refractivity contribution is 14.1. The summed E-state index contributed by atoms with van der Waals surface area (Å²) in [6.45, 7) is 3.30. The number of aliphatic imine (C=N–C) groups is 1. The van der Waals surface area contributed by atoms with Gasteiger partial charge in [-0.2, -0.15) is 0 Å². The van der Waals surface area contributed by atoms with E-state index in [-0.39, 0.29) is 11.7 Å². The molecule has 132 valence electrons. The molecule has 0 aromatic heterocycles. The van der Waals surface area contributed by atoms with E-state index in [1.165, 1.54) is 6.92 Å². The van der Waals surface area contributed by atoms with Crippen molar-refractivity contribution in [1.82, 2.24) is 0 Å². The number of carbonyl (C=O) groups is 2. The molecule has 0 saturated carbocycles. The first-order chi connectivity index (χ1) is 12.3. The van der Waals surface area contributed by atoms with Crippen molar-refractivity contribution in [3.63, 3.8) is 0 Å². The van der Waals surface area contributed by atoms with Gasteiger partial charge in [-0.1, -0.05) is 18.2 Å². The molecular weight excluding hydrogens is 560 g/mol. The van der Waals surface area contributed by atoms with E-state index in [4.69, 9.17) is 9.47 Å². The van der Waals surface area contributed by atoms with Crippen molar-refractivity contribution in [2.24, 2.45) is 4.99 Å². The van der Waals surface area contributed by atoms with E-state index >= 15 is 0 Å². The summed E-state index contributed by atoms with van der Waals surface area (Å²) in [5.74, 6) is -0.0460. The normalized spacial score (nSPS) is 15.0. The van der Waals surface area contributed by atoms with E-state index in [1.54, 1.807) is 6.08 Å². The molecule has 0 amide bonds. The first-order valence-electron chi connectivity index (χ1n) is 7.61. The Balaban J connectivity index is 1.96. The number of cyclic esters (lactones) is 1. The standard InChI is InChI=1S/C19H13I2NO4/c1-10-5-3-4-6-13(10)18-22-16(19(24)26-18)9-12-7-14(20)17(15(21)8-12)25-11(2)23/h3-9H,1-2H3/b16-9-. The number of ether oxygens (including phenoxy) is 2. The average Bonchev–Trinajstić information content (AvgIpc) is 2.92. The van der Waals surface area contributed by atoms with E-state index in [0.29, 0.717) is 11.6 Å². The monoisotopic (exact) mass is 573 g/mol. The number of rotatable bonds is 3. The Hall–Kier alpha value is -1.75. The van der Waals surface area contributed by atoms with Crippen LogP contribution in [0.2, 0.25) is 0 Å². The maximum absolute atomic E-state index is 12.2. The molecule has 1 aliphatic rings. The third-order valence-electron chi connectivity index (χ3n) is 3.57. The predicted octanol–water partition coefficient (Wildman–Crippen LogP) is 4.47. The summed E-state index contributed by atoms with van der Waals surface area (Å²) in [4.78, 5) is 27.7. The molecular formula is C19H13I2NO4.